The normalized spacial score (nSPS) is 10.2. The summed E-state index contributed by atoms with van der Waals surface area (Å²) in [6, 6.07) is 7.07. The van der Waals surface area contributed by atoms with Crippen LogP contribution in [0.5, 0.6) is 5.75 Å². The van der Waals surface area contributed by atoms with E-state index >= 15 is 0 Å². The van der Waals surface area contributed by atoms with Gasteiger partial charge >= 0.3 is 5.82 Å². The predicted molar refractivity (Wildman–Crippen MR) is 74.7 cm³/mol. The highest BCUT2D eigenvalue weighted by Crippen LogP contribution is 2.20. The Labute approximate surface area is 115 Å². The Morgan fingerprint density at radius 3 is 3.05 bits per heavy atom. The lowest BCUT2D eigenvalue weighted by atomic mass is 10.3. The number of nitrogen functional groups attached to an aromatic ring is 1. The fraction of sp³-hybridized carbons (Fsp3) is 0.250. The van der Waals surface area contributed by atoms with Crippen LogP contribution in [0.4, 0.5) is 17.3 Å². The van der Waals surface area contributed by atoms with Crippen molar-refractivity contribution in [2.75, 3.05) is 24.2 Å². The molecule has 1 aromatic carbocycles. The number of hydrogen-bond donors (Lipinski definition) is 2. The SMILES string of the molecule is Cn1cnc([N+](=O)[O-])c1NCCOc1cccc(N)c1. The minimum atomic E-state index is -0.527. The first kappa shape index (κ1) is 13.7. The molecule has 8 heteroatoms. The van der Waals surface area contributed by atoms with Crippen molar-refractivity contribution < 1.29 is 9.66 Å². The lowest BCUT2D eigenvalue weighted by molar-refractivity contribution is -0.388. The molecule has 1 aromatic heterocycles. The Kier molecular flexibility index (Phi) is 4.04. The fourth-order valence-electron chi connectivity index (χ4n) is 1.70. The van der Waals surface area contributed by atoms with E-state index in [0.29, 0.717) is 30.4 Å². The molecule has 0 atom stereocenters. The van der Waals surface area contributed by atoms with Crippen LogP contribution in [0.25, 0.3) is 0 Å². The van der Waals surface area contributed by atoms with Gasteiger partial charge in [-0.3, -0.25) is 4.57 Å². The number of nitro groups is 1. The van der Waals surface area contributed by atoms with Crippen LogP contribution in [0.3, 0.4) is 0 Å². The Balaban J connectivity index is 1.87. The van der Waals surface area contributed by atoms with Gasteiger partial charge in [-0.25, -0.2) is 0 Å². The molecule has 8 nitrogen and oxygen atoms in total. The second-order valence-electron chi connectivity index (χ2n) is 4.13. The van der Waals surface area contributed by atoms with Crippen molar-refractivity contribution in [3.8, 4) is 5.75 Å². The smallest absolute Gasteiger partial charge is 0.406 e. The average Bonchev–Trinajstić information content (AvgIpc) is 2.76. The van der Waals surface area contributed by atoms with Gasteiger partial charge in [0.1, 0.15) is 12.4 Å². The van der Waals surface area contributed by atoms with E-state index in [1.165, 1.54) is 6.33 Å². The largest absolute Gasteiger partial charge is 0.492 e. The Bertz CT molecular complexity index is 611. The number of nitrogens with two attached hydrogens (primary N) is 1. The maximum atomic E-state index is 10.8. The number of aryl methyl sites for hydroxylation is 1. The van der Waals surface area contributed by atoms with Gasteiger partial charge in [0.05, 0.1) is 6.54 Å². The first-order chi connectivity index (χ1) is 9.58. The average molecular weight is 277 g/mol. The molecule has 0 spiro atoms. The van der Waals surface area contributed by atoms with Crippen LogP contribution in [0.2, 0.25) is 0 Å². The first-order valence-electron chi connectivity index (χ1n) is 5.96. The Morgan fingerprint density at radius 1 is 1.55 bits per heavy atom. The summed E-state index contributed by atoms with van der Waals surface area (Å²) in [6.45, 7) is 0.765. The summed E-state index contributed by atoms with van der Waals surface area (Å²) in [7, 11) is 1.68. The van der Waals surface area contributed by atoms with Gasteiger partial charge in [0.2, 0.25) is 12.1 Å². The van der Waals surface area contributed by atoms with Crippen molar-refractivity contribution in [2.24, 2.45) is 7.05 Å². The molecule has 106 valence electrons. The number of anilines is 2. The van der Waals surface area contributed by atoms with E-state index in [9.17, 15) is 10.1 Å². The van der Waals surface area contributed by atoms with Gasteiger partial charge < -0.3 is 25.9 Å². The third kappa shape index (κ3) is 3.16. The van der Waals surface area contributed by atoms with Crippen LogP contribution < -0.4 is 15.8 Å². The molecular weight excluding hydrogens is 262 g/mol. The van der Waals surface area contributed by atoms with E-state index in [-0.39, 0.29) is 5.82 Å². The third-order valence-corrected chi connectivity index (χ3v) is 2.61. The van der Waals surface area contributed by atoms with E-state index in [2.05, 4.69) is 10.3 Å². The number of imidazole rings is 1. The van der Waals surface area contributed by atoms with Crippen LogP contribution in [0.15, 0.2) is 30.6 Å². The maximum absolute atomic E-state index is 10.8. The number of nitrogens with zero attached hydrogens (tertiary/aromatic N) is 3. The first-order valence-corrected chi connectivity index (χ1v) is 5.96. The Morgan fingerprint density at radius 2 is 2.35 bits per heavy atom. The maximum Gasteiger partial charge on any atom is 0.406 e. The van der Waals surface area contributed by atoms with Crippen LogP contribution in [0.1, 0.15) is 0 Å². The second kappa shape index (κ2) is 5.91. The number of nitrogens with one attached hydrogen (secondary N) is 1. The van der Waals surface area contributed by atoms with Crippen molar-refractivity contribution in [1.82, 2.24) is 9.55 Å². The molecule has 0 aliphatic carbocycles. The van der Waals surface area contributed by atoms with Crippen molar-refractivity contribution in [3.05, 3.63) is 40.7 Å². The summed E-state index contributed by atoms with van der Waals surface area (Å²) >= 11 is 0. The van der Waals surface area contributed by atoms with Crippen molar-refractivity contribution in [2.45, 2.75) is 0 Å². The molecule has 0 saturated heterocycles. The molecule has 1 heterocycles. The van der Waals surface area contributed by atoms with E-state index in [1.54, 1.807) is 35.9 Å². The molecule has 2 rings (SSSR count). The van der Waals surface area contributed by atoms with Gasteiger partial charge in [-0.15, -0.1) is 0 Å². The number of ether oxygens (including phenoxy) is 1. The fourth-order valence-corrected chi connectivity index (χ4v) is 1.70. The Hall–Kier alpha value is -2.77. The summed E-state index contributed by atoms with van der Waals surface area (Å²) in [6.07, 6.45) is 1.39. The van der Waals surface area contributed by atoms with Crippen molar-refractivity contribution in [1.29, 1.82) is 0 Å². The lowest BCUT2D eigenvalue weighted by Gasteiger charge is -2.08. The van der Waals surface area contributed by atoms with Crippen LogP contribution in [-0.4, -0.2) is 27.6 Å². The van der Waals surface area contributed by atoms with E-state index in [4.69, 9.17) is 10.5 Å². The minimum absolute atomic E-state index is 0.198. The molecule has 0 aliphatic rings. The molecule has 0 unspecified atom stereocenters. The lowest BCUT2D eigenvalue weighted by Crippen LogP contribution is -2.14. The summed E-state index contributed by atoms with van der Waals surface area (Å²) in [5.41, 5.74) is 6.25. The van der Waals surface area contributed by atoms with Crippen molar-refractivity contribution >= 4 is 17.3 Å². The zero-order valence-corrected chi connectivity index (χ0v) is 10.9. The molecule has 0 aliphatic heterocycles. The van der Waals surface area contributed by atoms with Crippen molar-refractivity contribution in [3.63, 3.8) is 0 Å². The second-order valence-corrected chi connectivity index (χ2v) is 4.13. The standard InChI is InChI=1S/C12H15N5O3/c1-16-8-15-12(17(18)19)11(16)14-5-6-20-10-4-2-3-9(13)7-10/h2-4,7-8,14H,5-6,13H2,1H3. The third-order valence-electron chi connectivity index (χ3n) is 2.61. The number of benzene rings is 1. The van der Waals surface area contributed by atoms with Gasteiger partial charge in [-0.05, 0) is 22.0 Å². The highest BCUT2D eigenvalue weighted by Gasteiger charge is 2.19. The summed E-state index contributed by atoms with van der Waals surface area (Å²) in [5.74, 6) is 0.814. The van der Waals surface area contributed by atoms with Gasteiger partial charge in [0, 0.05) is 18.8 Å². The molecule has 0 bridgehead atoms. The summed E-state index contributed by atoms with van der Waals surface area (Å²) < 4.78 is 7.04. The van der Waals surface area contributed by atoms with Gasteiger partial charge in [0.15, 0.2) is 0 Å². The van der Waals surface area contributed by atoms with Crippen LogP contribution >= 0.6 is 0 Å². The van der Waals surface area contributed by atoms with Gasteiger partial charge in [-0.1, -0.05) is 6.07 Å². The van der Waals surface area contributed by atoms with E-state index in [1.807, 2.05) is 0 Å². The van der Waals surface area contributed by atoms with Gasteiger partial charge in [-0.2, -0.15) is 0 Å². The quantitative estimate of drug-likeness (QED) is 0.357. The number of rotatable bonds is 6. The van der Waals surface area contributed by atoms with Crippen LogP contribution in [0, 0.1) is 10.1 Å². The minimum Gasteiger partial charge on any atom is -0.492 e. The number of aromatic nitrogens is 2. The molecule has 0 saturated carbocycles. The number of hydrogen-bond acceptors (Lipinski definition) is 6. The molecule has 2 aromatic rings. The predicted octanol–water partition coefficient (Wildman–Crippen LogP) is 1.40. The highest BCUT2D eigenvalue weighted by atomic mass is 16.6. The molecule has 3 N–H and O–H groups in total. The zero-order chi connectivity index (χ0) is 14.5. The monoisotopic (exact) mass is 277 g/mol. The molecule has 0 fully saturated rings. The highest BCUT2D eigenvalue weighted by molar-refractivity contribution is 5.52. The summed E-state index contributed by atoms with van der Waals surface area (Å²) in [4.78, 5) is 14.0. The van der Waals surface area contributed by atoms with Crippen LogP contribution in [-0.2, 0) is 7.05 Å². The van der Waals surface area contributed by atoms with E-state index in [0.717, 1.165) is 0 Å². The molecular formula is C12H15N5O3. The zero-order valence-electron chi connectivity index (χ0n) is 10.9. The van der Waals surface area contributed by atoms with Gasteiger partial charge in [0.25, 0.3) is 0 Å². The topological polar surface area (TPSA) is 108 Å². The molecule has 20 heavy (non-hydrogen) atoms. The summed E-state index contributed by atoms with van der Waals surface area (Å²) in [5, 5.41) is 13.7. The molecule has 0 amide bonds. The molecule has 0 radical (unpaired) electrons. The van der Waals surface area contributed by atoms with E-state index < -0.39 is 4.92 Å².